The second-order valence-corrected chi connectivity index (χ2v) is 7.21. The molecular formula is C18H16Cl4N2O2. The number of anilines is 1. The van der Waals surface area contributed by atoms with Crippen molar-refractivity contribution in [1.29, 1.82) is 0 Å². The molecule has 2 amide bonds. The highest BCUT2D eigenvalue weighted by molar-refractivity contribution is 6.42. The van der Waals surface area contributed by atoms with Crippen LogP contribution in [-0.4, -0.2) is 30.3 Å². The first-order valence-corrected chi connectivity index (χ1v) is 9.21. The lowest BCUT2D eigenvalue weighted by molar-refractivity contribution is -0.133. The molecule has 0 aliphatic carbocycles. The molecule has 2 aromatic carbocycles. The van der Waals surface area contributed by atoms with Gasteiger partial charge in [-0.1, -0.05) is 64.6 Å². The number of nitrogens with zero attached hydrogens (tertiary/aromatic N) is 1. The molecule has 0 aliphatic heterocycles. The Morgan fingerprint density at radius 1 is 0.962 bits per heavy atom. The van der Waals surface area contributed by atoms with E-state index in [1.54, 1.807) is 37.4 Å². The van der Waals surface area contributed by atoms with Crippen molar-refractivity contribution in [1.82, 2.24) is 4.90 Å². The summed E-state index contributed by atoms with van der Waals surface area (Å²) in [4.78, 5) is 25.7. The summed E-state index contributed by atoms with van der Waals surface area (Å²) in [7, 11) is 1.55. The number of amides is 2. The molecule has 138 valence electrons. The van der Waals surface area contributed by atoms with E-state index < -0.39 is 5.91 Å². The fraction of sp³-hybridized carbons (Fsp3) is 0.222. The zero-order valence-corrected chi connectivity index (χ0v) is 16.9. The van der Waals surface area contributed by atoms with E-state index in [2.05, 4.69) is 5.32 Å². The Morgan fingerprint density at radius 2 is 1.54 bits per heavy atom. The third-order valence-corrected chi connectivity index (χ3v) is 5.16. The highest BCUT2D eigenvalue weighted by Crippen LogP contribution is 2.29. The van der Waals surface area contributed by atoms with E-state index in [0.29, 0.717) is 32.2 Å². The van der Waals surface area contributed by atoms with E-state index in [9.17, 15) is 9.59 Å². The van der Waals surface area contributed by atoms with E-state index in [4.69, 9.17) is 46.4 Å². The Hall–Kier alpha value is -1.46. The molecule has 26 heavy (non-hydrogen) atoms. The number of hydrogen-bond acceptors (Lipinski definition) is 2. The lowest BCUT2D eigenvalue weighted by atomic mass is 10.1. The Labute approximate surface area is 172 Å². The van der Waals surface area contributed by atoms with Gasteiger partial charge in [-0.15, -0.1) is 0 Å². The van der Waals surface area contributed by atoms with Gasteiger partial charge in [0, 0.05) is 13.5 Å². The van der Waals surface area contributed by atoms with Gasteiger partial charge in [0.15, 0.2) is 0 Å². The van der Waals surface area contributed by atoms with Gasteiger partial charge < -0.3 is 10.2 Å². The first kappa shape index (κ1) is 20.8. The molecule has 0 saturated heterocycles. The number of para-hydroxylation sites is 1. The smallest absolute Gasteiger partial charge is 0.244 e. The van der Waals surface area contributed by atoms with Crippen LogP contribution in [-0.2, 0) is 16.0 Å². The van der Waals surface area contributed by atoms with Crippen LogP contribution in [0.25, 0.3) is 0 Å². The summed E-state index contributed by atoms with van der Waals surface area (Å²) in [6.45, 7) is -0.121. The van der Waals surface area contributed by atoms with Crippen molar-refractivity contribution in [3.05, 3.63) is 62.1 Å². The average Bonchev–Trinajstić information content (AvgIpc) is 2.59. The summed E-state index contributed by atoms with van der Waals surface area (Å²) >= 11 is 24.1. The molecule has 0 fully saturated rings. The predicted molar refractivity (Wildman–Crippen MR) is 108 cm³/mol. The molecule has 8 heteroatoms. The zero-order valence-electron chi connectivity index (χ0n) is 13.9. The lowest BCUT2D eigenvalue weighted by Crippen LogP contribution is -2.35. The normalized spacial score (nSPS) is 10.5. The van der Waals surface area contributed by atoms with Crippen LogP contribution in [0.15, 0.2) is 36.4 Å². The van der Waals surface area contributed by atoms with Gasteiger partial charge in [-0.3, -0.25) is 9.59 Å². The van der Waals surface area contributed by atoms with Crippen molar-refractivity contribution in [2.24, 2.45) is 0 Å². The van der Waals surface area contributed by atoms with Crippen molar-refractivity contribution in [3.63, 3.8) is 0 Å². The van der Waals surface area contributed by atoms with Crippen LogP contribution in [0.1, 0.15) is 12.0 Å². The fourth-order valence-corrected chi connectivity index (χ4v) is 3.18. The van der Waals surface area contributed by atoms with Gasteiger partial charge in [-0.05, 0) is 30.2 Å². The number of rotatable bonds is 6. The SMILES string of the molecule is CN(CC(=O)Nc1c(Cl)cccc1Cl)C(=O)CCc1cccc(Cl)c1Cl. The van der Waals surface area contributed by atoms with Gasteiger partial charge in [0.05, 0.1) is 32.3 Å². The molecule has 0 aromatic heterocycles. The number of halogens is 4. The largest absolute Gasteiger partial charge is 0.336 e. The van der Waals surface area contributed by atoms with Crippen molar-refractivity contribution < 1.29 is 9.59 Å². The topological polar surface area (TPSA) is 49.4 Å². The Balaban J connectivity index is 1.90. The van der Waals surface area contributed by atoms with Crippen LogP contribution in [0, 0.1) is 0 Å². The van der Waals surface area contributed by atoms with Crippen LogP contribution in [0.2, 0.25) is 20.1 Å². The van der Waals surface area contributed by atoms with E-state index in [0.717, 1.165) is 5.56 Å². The molecule has 0 spiro atoms. The number of likely N-dealkylation sites (N-methyl/N-ethyl adjacent to an activating group) is 1. The quantitative estimate of drug-likeness (QED) is 0.669. The van der Waals surface area contributed by atoms with Gasteiger partial charge in [-0.2, -0.15) is 0 Å². The standard InChI is InChI=1S/C18H16Cl4N2O2/c1-24(10-15(25)23-18-13(20)6-3-7-14(18)21)16(26)9-8-11-4-2-5-12(19)17(11)22/h2-7H,8-10H2,1H3,(H,23,25). The van der Waals surface area contributed by atoms with Gasteiger partial charge >= 0.3 is 0 Å². The van der Waals surface area contributed by atoms with Gasteiger partial charge in [0.25, 0.3) is 0 Å². The third-order valence-electron chi connectivity index (χ3n) is 3.67. The van der Waals surface area contributed by atoms with Crippen molar-refractivity contribution >= 4 is 63.9 Å². The highest BCUT2D eigenvalue weighted by atomic mass is 35.5. The average molecular weight is 434 g/mol. The molecule has 0 saturated carbocycles. The first-order valence-electron chi connectivity index (χ1n) is 7.70. The number of hydrogen-bond donors (Lipinski definition) is 1. The molecule has 4 nitrogen and oxygen atoms in total. The number of benzene rings is 2. The van der Waals surface area contributed by atoms with E-state index >= 15 is 0 Å². The molecule has 0 unspecified atom stereocenters. The molecule has 0 radical (unpaired) electrons. The van der Waals surface area contributed by atoms with Gasteiger partial charge in [0.1, 0.15) is 0 Å². The van der Waals surface area contributed by atoms with E-state index in [1.165, 1.54) is 4.90 Å². The second-order valence-electron chi connectivity index (χ2n) is 5.61. The molecule has 2 rings (SSSR count). The maximum absolute atomic E-state index is 12.3. The fourth-order valence-electron chi connectivity index (χ4n) is 2.27. The highest BCUT2D eigenvalue weighted by Gasteiger charge is 2.16. The summed E-state index contributed by atoms with van der Waals surface area (Å²) in [5.74, 6) is -0.585. The van der Waals surface area contributed by atoms with Crippen molar-refractivity contribution in [3.8, 4) is 0 Å². The van der Waals surface area contributed by atoms with E-state index in [-0.39, 0.29) is 18.9 Å². The van der Waals surface area contributed by atoms with Crippen LogP contribution in [0.3, 0.4) is 0 Å². The Kier molecular flexibility index (Phi) is 7.59. The van der Waals surface area contributed by atoms with Gasteiger partial charge in [0.2, 0.25) is 11.8 Å². The molecule has 0 bridgehead atoms. The molecule has 0 aliphatic rings. The lowest BCUT2D eigenvalue weighted by Gasteiger charge is -2.18. The minimum atomic E-state index is -0.392. The number of carbonyl (C=O) groups is 2. The minimum absolute atomic E-state index is 0.121. The summed E-state index contributed by atoms with van der Waals surface area (Å²) in [5, 5.41) is 4.16. The summed E-state index contributed by atoms with van der Waals surface area (Å²) in [5.41, 5.74) is 1.11. The molecule has 0 heterocycles. The summed E-state index contributed by atoms with van der Waals surface area (Å²) < 4.78 is 0. The van der Waals surface area contributed by atoms with Crippen LogP contribution < -0.4 is 5.32 Å². The first-order chi connectivity index (χ1) is 12.3. The van der Waals surface area contributed by atoms with Crippen LogP contribution in [0.4, 0.5) is 5.69 Å². The number of carbonyl (C=O) groups excluding carboxylic acids is 2. The minimum Gasteiger partial charge on any atom is -0.336 e. The van der Waals surface area contributed by atoms with E-state index in [1.807, 2.05) is 6.07 Å². The maximum atomic E-state index is 12.3. The zero-order chi connectivity index (χ0) is 19.3. The Bertz CT molecular complexity index is 807. The maximum Gasteiger partial charge on any atom is 0.244 e. The van der Waals surface area contributed by atoms with Crippen LogP contribution >= 0.6 is 46.4 Å². The molecule has 0 atom stereocenters. The molecular weight excluding hydrogens is 418 g/mol. The van der Waals surface area contributed by atoms with Crippen molar-refractivity contribution in [2.45, 2.75) is 12.8 Å². The number of aryl methyl sites for hydroxylation is 1. The Morgan fingerprint density at radius 3 is 2.19 bits per heavy atom. The summed E-state index contributed by atoms with van der Waals surface area (Å²) in [6.07, 6.45) is 0.636. The molecule has 2 aromatic rings. The number of nitrogens with one attached hydrogen (secondary N) is 1. The predicted octanol–water partition coefficient (Wildman–Crippen LogP) is 5.33. The molecule has 1 N–H and O–H groups in total. The van der Waals surface area contributed by atoms with Gasteiger partial charge in [-0.25, -0.2) is 0 Å². The van der Waals surface area contributed by atoms with Crippen LogP contribution in [0.5, 0.6) is 0 Å². The van der Waals surface area contributed by atoms with Crippen molar-refractivity contribution in [2.75, 3.05) is 18.9 Å². The summed E-state index contributed by atoms with van der Waals surface area (Å²) in [6, 6.07) is 10.2. The third kappa shape index (κ3) is 5.52. The second kappa shape index (κ2) is 9.47. The monoisotopic (exact) mass is 432 g/mol.